The van der Waals surface area contributed by atoms with Gasteiger partial charge < -0.3 is 10.3 Å². The number of fused-ring (bicyclic) bond motifs is 3. The number of hydrogen-bond acceptors (Lipinski definition) is 3. The van der Waals surface area contributed by atoms with Crippen molar-refractivity contribution in [2.75, 3.05) is 5.32 Å². The molecule has 126 valence electrons. The third kappa shape index (κ3) is 3.18. The number of halogens is 2. The topological polar surface area (TPSA) is 57.8 Å². The molecule has 2 aromatic heterocycles. The molecule has 3 aromatic rings. The van der Waals surface area contributed by atoms with E-state index in [1.54, 1.807) is 6.20 Å². The zero-order chi connectivity index (χ0) is 17.6. The summed E-state index contributed by atoms with van der Waals surface area (Å²) >= 11 is 5.72. The lowest BCUT2D eigenvalue weighted by atomic mass is 9.88. The first-order chi connectivity index (χ1) is 11.2. The molecular weight excluding hydrogens is 481 g/mol. The van der Waals surface area contributed by atoms with Gasteiger partial charge in [-0.05, 0) is 53.1 Å². The van der Waals surface area contributed by atoms with Crippen molar-refractivity contribution in [3.63, 3.8) is 0 Å². The number of pyridine rings is 2. The zero-order valence-electron chi connectivity index (χ0n) is 14.0. The van der Waals surface area contributed by atoms with Crippen LogP contribution in [0.2, 0.25) is 0 Å². The van der Waals surface area contributed by atoms with Crippen molar-refractivity contribution in [3.8, 4) is 0 Å². The van der Waals surface area contributed by atoms with E-state index in [9.17, 15) is 4.79 Å². The van der Waals surface area contributed by atoms with E-state index in [1.807, 2.05) is 18.2 Å². The second-order valence-electron chi connectivity index (χ2n) is 7.07. The van der Waals surface area contributed by atoms with Crippen LogP contribution in [-0.4, -0.2) is 16.0 Å². The number of benzene rings is 1. The first-order valence-electron chi connectivity index (χ1n) is 7.75. The number of anilines is 1. The molecular formula is C18H19BrIN3O. The molecule has 0 bridgehead atoms. The second-order valence-corrected chi connectivity index (χ2v) is 9.15. The maximum Gasteiger partial charge on any atom is 0.258 e. The standard InChI is InChI=1S/C18H19BrIN3O/c1-9(18(2,3)4)22-16-11-6-5-10(19)7-12(11)14-15(23-16)13(20)8-21-17(14)24/h5-9H,1-4H3,(H,21,24)(H,22,23)/t9-/m1/s1. The van der Waals surface area contributed by atoms with Crippen molar-refractivity contribution in [3.05, 3.63) is 42.8 Å². The van der Waals surface area contributed by atoms with Gasteiger partial charge in [-0.2, -0.15) is 0 Å². The van der Waals surface area contributed by atoms with Gasteiger partial charge in [0.25, 0.3) is 5.56 Å². The number of aromatic amines is 1. The minimum atomic E-state index is -0.114. The number of hydrogen-bond donors (Lipinski definition) is 2. The molecule has 0 spiro atoms. The van der Waals surface area contributed by atoms with E-state index in [0.717, 1.165) is 30.1 Å². The van der Waals surface area contributed by atoms with Crippen molar-refractivity contribution in [1.82, 2.24) is 9.97 Å². The van der Waals surface area contributed by atoms with E-state index in [1.165, 1.54) is 0 Å². The van der Waals surface area contributed by atoms with E-state index in [4.69, 9.17) is 4.98 Å². The molecule has 0 fully saturated rings. The Kier molecular flexibility index (Phi) is 4.63. The van der Waals surface area contributed by atoms with Gasteiger partial charge in [-0.15, -0.1) is 0 Å². The summed E-state index contributed by atoms with van der Waals surface area (Å²) < 4.78 is 1.87. The Morgan fingerprint density at radius 2 is 2.00 bits per heavy atom. The molecule has 0 amide bonds. The SMILES string of the molecule is C[C@@H](Nc1nc2c(I)c[nH]c(=O)c2c2cc(Br)ccc12)C(C)(C)C. The predicted molar refractivity (Wildman–Crippen MR) is 113 cm³/mol. The average Bonchev–Trinajstić information content (AvgIpc) is 2.49. The van der Waals surface area contributed by atoms with E-state index < -0.39 is 0 Å². The molecule has 0 unspecified atom stereocenters. The fourth-order valence-corrected chi connectivity index (χ4v) is 3.40. The van der Waals surface area contributed by atoms with Crippen LogP contribution in [0.5, 0.6) is 0 Å². The third-order valence-electron chi connectivity index (χ3n) is 4.40. The monoisotopic (exact) mass is 499 g/mol. The normalized spacial score (nSPS) is 13.4. The molecule has 3 rings (SSSR count). The van der Waals surface area contributed by atoms with Gasteiger partial charge >= 0.3 is 0 Å². The molecule has 0 aliphatic rings. The Bertz CT molecular complexity index is 991. The molecule has 0 saturated carbocycles. The first-order valence-corrected chi connectivity index (χ1v) is 9.62. The van der Waals surface area contributed by atoms with Crippen LogP contribution in [0.25, 0.3) is 21.7 Å². The van der Waals surface area contributed by atoms with Gasteiger partial charge in [-0.3, -0.25) is 4.79 Å². The third-order valence-corrected chi connectivity index (χ3v) is 5.72. The Hall–Kier alpha value is -1.15. The number of aromatic nitrogens is 2. The molecule has 1 atom stereocenters. The highest BCUT2D eigenvalue weighted by Gasteiger charge is 2.22. The van der Waals surface area contributed by atoms with Gasteiger partial charge in [-0.1, -0.05) is 36.7 Å². The van der Waals surface area contributed by atoms with Crippen LogP contribution in [0.15, 0.2) is 33.7 Å². The van der Waals surface area contributed by atoms with E-state index in [2.05, 4.69) is 76.5 Å². The van der Waals surface area contributed by atoms with Crippen molar-refractivity contribution < 1.29 is 0 Å². The van der Waals surface area contributed by atoms with Crippen LogP contribution < -0.4 is 10.9 Å². The lowest BCUT2D eigenvalue weighted by Crippen LogP contribution is -2.31. The predicted octanol–water partition coefficient (Wildman–Crippen LogP) is 5.29. The van der Waals surface area contributed by atoms with Crippen LogP contribution in [0.3, 0.4) is 0 Å². The highest BCUT2D eigenvalue weighted by atomic mass is 127. The summed E-state index contributed by atoms with van der Waals surface area (Å²) in [6.45, 7) is 8.73. The summed E-state index contributed by atoms with van der Waals surface area (Å²) in [6, 6.07) is 6.19. The number of nitrogens with zero attached hydrogens (tertiary/aromatic N) is 1. The van der Waals surface area contributed by atoms with Gasteiger partial charge in [-0.25, -0.2) is 4.98 Å². The van der Waals surface area contributed by atoms with E-state index in [-0.39, 0.29) is 17.0 Å². The molecule has 1 aromatic carbocycles. The van der Waals surface area contributed by atoms with Crippen molar-refractivity contribution in [2.24, 2.45) is 5.41 Å². The van der Waals surface area contributed by atoms with Crippen molar-refractivity contribution >= 4 is 66.0 Å². The Morgan fingerprint density at radius 1 is 1.29 bits per heavy atom. The molecule has 6 heteroatoms. The fourth-order valence-electron chi connectivity index (χ4n) is 2.49. The average molecular weight is 500 g/mol. The highest BCUT2D eigenvalue weighted by molar-refractivity contribution is 14.1. The highest BCUT2D eigenvalue weighted by Crippen LogP contribution is 2.33. The second kappa shape index (κ2) is 6.29. The molecule has 0 radical (unpaired) electrons. The van der Waals surface area contributed by atoms with Crippen LogP contribution in [-0.2, 0) is 0 Å². The van der Waals surface area contributed by atoms with E-state index in [0.29, 0.717) is 5.39 Å². The zero-order valence-corrected chi connectivity index (χ0v) is 17.7. The van der Waals surface area contributed by atoms with Gasteiger partial charge in [0.1, 0.15) is 5.82 Å². The quantitative estimate of drug-likeness (QED) is 0.372. The minimum absolute atomic E-state index is 0.0969. The Morgan fingerprint density at radius 3 is 2.67 bits per heavy atom. The summed E-state index contributed by atoms with van der Waals surface area (Å²) in [4.78, 5) is 20.0. The number of rotatable bonds is 2. The molecule has 2 heterocycles. The number of H-pyrrole nitrogens is 1. The fraction of sp³-hybridized carbons (Fsp3) is 0.333. The van der Waals surface area contributed by atoms with Crippen LogP contribution in [0.1, 0.15) is 27.7 Å². The Labute approximate surface area is 162 Å². The largest absolute Gasteiger partial charge is 0.367 e. The number of nitrogens with one attached hydrogen (secondary N) is 2. The van der Waals surface area contributed by atoms with Gasteiger partial charge in [0, 0.05) is 27.5 Å². The summed E-state index contributed by atoms with van der Waals surface area (Å²) in [5.41, 5.74) is 0.713. The van der Waals surface area contributed by atoms with Crippen LogP contribution >= 0.6 is 38.5 Å². The van der Waals surface area contributed by atoms with Gasteiger partial charge in [0.15, 0.2) is 0 Å². The molecule has 4 nitrogen and oxygen atoms in total. The van der Waals surface area contributed by atoms with Crippen molar-refractivity contribution in [2.45, 2.75) is 33.7 Å². The Balaban J connectivity index is 2.37. The van der Waals surface area contributed by atoms with Gasteiger partial charge in [0.05, 0.1) is 14.5 Å². The van der Waals surface area contributed by atoms with Gasteiger partial charge in [0.2, 0.25) is 0 Å². The molecule has 0 aliphatic carbocycles. The van der Waals surface area contributed by atoms with Crippen LogP contribution in [0.4, 0.5) is 5.82 Å². The summed E-state index contributed by atoms with van der Waals surface area (Å²) in [7, 11) is 0. The lowest BCUT2D eigenvalue weighted by Gasteiger charge is -2.29. The lowest BCUT2D eigenvalue weighted by molar-refractivity contribution is 0.359. The van der Waals surface area contributed by atoms with Crippen LogP contribution in [0, 0.1) is 8.99 Å². The molecule has 24 heavy (non-hydrogen) atoms. The molecule has 0 saturated heterocycles. The smallest absolute Gasteiger partial charge is 0.258 e. The van der Waals surface area contributed by atoms with Crippen molar-refractivity contribution in [1.29, 1.82) is 0 Å². The van der Waals surface area contributed by atoms with E-state index >= 15 is 0 Å². The molecule has 2 N–H and O–H groups in total. The first kappa shape index (κ1) is 17.7. The maximum absolute atomic E-state index is 12.4. The summed E-state index contributed by atoms with van der Waals surface area (Å²) in [5.74, 6) is 0.816. The maximum atomic E-state index is 12.4. The summed E-state index contributed by atoms with van der Waals surface area (Å²) in [5, 5.41) is 6.03. The minimum Gasteiger partial charge on any atom is -0.367 e. The molecule has 0 aliphatic heterocycles. The summed E-state index contributed by atoms with van der Waals surface area (Å²) in [6.07, 6.45) is 1.71.